The topological polar surface area (TPSA) is 84.9 Å². The molecule has 1 aliphatic rings. The molecule has 0 atom stereocenters. The van der Waals surface area contributed by atoms with E-state index in [0.29, 0.717) is 32.7 Å². The summed E-state index contributed by atoms with van der Waals surface area (Å²) in [6.07, 6.45) is 2.28. The maximum absolute atomic E-state index is 13.6. The Morgan fingerprint density at radius 2 is 1.51 bits per heavy atom. The lowest BCUT2D eigenvalue weighted by atomic mass is 9.81. The molecule has 0 fully saturated rings. The molecule has 0 radical (unpaired) electrons. The molecule has 2 aromatic rings. The Hall–Kier alpha value is -3.47. The van der Waals surface area contributed by atoms with Gasteiger partial charge in [-0.2, -0.15) is 0 Å². The van der Waals surface area contributed by atoms with Crippen LogP contribution in [0.2, 0.25) is 0 Å². The van der Waals surface area contributed by atoms with Crippen LogP contribution >= 0.6 is 0 Å². The second-order valence-corrected chi connectivity index (χ2v) is 9.65. The number of fused-ring (bicyclic) bond motifs is 2. The second kappa shape index (κ2) is 15.2. The van der Waals surface area contributed by atoms with E-state index >= 15 is 0 Å². The van der Waals surface area contributed by atoms with Gasteiger partial charge in [-0.3, -0.25) is 14.4 Å². The van der Waals surface area contributed by atoms with Crippen LogP contribution < -0.4 is 10.2 Å². The third kappa shape index (κ3) is 7.78. The van der Waals surface area contributed by atoms with E-state index in [1.165, 1.54) is 0 Å². The van der Waals surface area contributed by atoms with Crippen molar-refractivity contribution >= 4 is 23.3 Å². The number of ether oxygens (including phenoxy) is 2. The number of nitrogens with zero attached hydrogens (tertiary/aromatic N) is 1. The molecule has 2 aromatic carbocycles. The molecule has 0 spiro atoms. The number of unbranched alkanes of at least 4 members (excludes halogenated alkanes) is 1. The molecule has 39 heavy (non-hydrogen) atoms. The molecule has 0 bridgehead atoms. The summed E-state index contributed by atoms with van der Waals surface area (Å²) in [5, 5.41) is 2.90. The number of anilines is 1. The molecule has 0 saturated heterocycles. The quantitative estimate of drug-likeness (QED) is 0.205. The maximum atomic E-state index is 13.6. The molecule has 7 nitrogen and oxygen atoms in total. The number of benzene rings is 2. The number of hydrogen-bond donors (Lipinski definition) is 1. The number of ketones is 1. The van der Waals surface area contributed by atoms with Gasteiger partial charge in [-0.15, -0.1) is 0 Å². The monoisotopic (exact) mass is 532 g/mol. The largest absolute Gasteiger partial charge is 0.380 e. The molecule has 0 unspecified atom stereocenters. The number of carbonyl (C=O) groups is 3. The molecular weight excluding hydrogens is 492 g/mol. The van der Waals surface area contributed by atoms with Gasteiger partial charge in [-0.05, 0) is 50.5 Å². The number of nitrogens with one attached hydrogen (secondary N) is 1. The van der Waals surface area contributed by atoms with Crippen molar-refractivity contribution in [2.45, 2.75) is 59.4 Å². The molecule has 7 heteroatoms. The lowest BCUT2D eigenvalue weighted by Gasteiger charge is -2.31. The minimum atomic E-state index is -1.44. The van der Waals surface area contributed by atoms with E-state index in [9.17, 15) is 14.4 Å². The van der Waals surface area contributed by atoms with Gasteiger partial charge in [0.2, 0.25) is 11.8 Å². The zero-order chi connectivity index (χ0) is 28.1. The maximum Gasteiger partial charge on any atom is 0.238 e. The van der Waals surface area contributed by atoms with Crippen molar-refractivity contribution in [3.8, 4) is 11.8 Å². The molecule has 1 heterocycles. The summed E-state index contributed by atoms with van der Waals surface area (Å²) in [6, 6.07) is 15.4. The summed E-state index contributed by atoms with van der Waals surface area (Å²) >= 11 is 0. The van der Waals surface area contributed by atoms with Gasteiger partial charge >= 0.3 is 0 Å². The predicted molar refractivity (Wildman–Crippen MR) is 152 cm³/mol. The van der Waals surface area contributed by atoms with Gasteiger partial charge in [0.05, 0.1) is 25.4 Å². The molecule has 0 aromatic heterocycles. The van der Waals surface area contributed by atoms with Crippen molar-refractivity contribution in [1.29, 1.82) is 0 Å². The Morgan fingerprint density at radius 1 is 0.872 bits per heavy atom. The minimum absolute atomic E-state index is 0.0524. The van der Waals surface area contributed by atoms with Crippen LogP contribution in [0.1, 0.15) is 69.6 Å². The SMILES string of the molecule is CCCCNC(=O)C(COCC)(COCC)C(=O)CCCC(=O)N1Cc2ccccc2C#Cc2ccccc21. The predicted octanol–water partition coefficient (Wildman–Crippen LogP) is 4.65. The van der Waals surface area contributed by atoms with Crippen LogP contribution in [-0.2, 0) is 30.4 Å². The van der Waals surface area contributed by atoms with Gasteiger partial charge in [-0.1, -0.05) is 55.5 Å². The summed E-state index contributed by atoms with van der Waals surface area (Å²) < 4.78 is 11.2. The Balaban J connectivity index is 1.76. The second-order valence-electron chi connectivity index (χ2n) is 9.65. The van der Waals surface area contributed by atoms with Crippen LogP contribution in [0.4, 0.5) is 5.69 Å². The molecule has 2 amide bonds. The van der Waals surface area contributed by atoms with Gasteiger partial charge in [-0.25, -0.2) is 0 Å². The van der Waals surface area contributed by atoms with Crippen molar-refractivity contribution in [1.82, 2.24) is 5.32 Å². The first kappa shape index (κ1) is 30.1. The summed E-state index contributed by atoms with van der Waals surface area (Å²) in [5.74, 6) is 5.69. The van der Waals surface area contributed by atoms with Crippen LogP contribution in [0, 0.1) is 17.3 Å². The van der Waals surface area contributed by atoms with Crippen LogP contribution in [-0.4, -0.2) is 50.6 Å². The average molecular weight is 533 g/mol. The summed E-state index contributed by atoms with van der Waals surface area (Å²) in [7, 11) is 0. The first-order valence-electron chi connectivity index (χ1n) is 13.9. The molecule has 1 aliphatic heterocycles. The van der Waals surface area contributed by atoms with E-state index in [1.54, 1.807) is 4.90 Å². The minimum Gasteiger partial charge on any atom is -0.380 e. The summed E-state index contributed by atoms with van der Waals surface area (Å²) in [4.78, 5) is 42.2. The third-order valence-electron chi connectivity index (χ3n) is 6.86. The fraction of sp³-hybridized carbons (Fsp3) is 0.469. The first-order valence-corrected chi connectivity index (χ1v) is 13.9. The summed E-state index contributed by atoms with van der Waals surface area (Å²) in [5.41, 5.74) is 1.97. The number of amides is 2. The number of Topliss-reactive ketones (excluding diaryl/α,β-unsaturated/α-hetero) is 1. The van der Waals surface area contributed by atoms with Gasteiger partial charge < -0.3 is 19.7 Å². The highest BCUT2D eigenvalue weighted by molar-refractivity contribution is 6.06. The molecule has 0 saturated carbocycles. The van der Waals surface area contributed by atoms with Crippen LogP contribution in [0.15, 0.2) is 48.5 Å². The molecule has 3 rings (SSSR count). The van der Waals surface area contributed by atoms with Crippen LogP contribution in [0.5, 0.6) is 0 Å². The van der Waals surface area contributed by atoms with Gasteiger partial charge in [0.25, 0.3) is 0 Å². The Bertz CT molecular complexity index is 1190. The van der Waals surface area contributed by atoms with Crippen molar-refractivity contribution < 1.29 is 23.9 Å². The lowest BCUT2D eigenvalue weighted by Crippen LogP contribution is -2.53. The molecule has 0 aliphatic carbocycles. The van der Waals surface area contributed by atoms with Gasteiger partial charge in [0.1, 0.15) is 0 Å². The van der Waals surface area contributed by atoms with E-state index in [0.717, 1.165) is 35.2 Å². The third-order valence-corrected chi connectivity index (χ3v) is 6.86. The Morgan fingerprint density at radius 3 is 2.21 bits per heavy atom. The fourth-order valence-electron chi connectivity index (χ4n) is 4.54. The number of rotatable bonds is 15. The number of para-hydroxylation sites is 1. The van der Waals surface area contributed by atoms with E-state index in [-0.39, 0.29) is 43.7 Å². The van der Waals surface area contributed by atoms with Crippen molar-refractivity contribution in [3.05, 3.63) is 65.2 Å². The first-order chi connectivity index (χ1) is 19.0. The van der Waals surface area contributed by atoms with Crippen molar-refractivity contribution in [3.63, 3.8) is 0 Å². The standard InChI is InChI=1S/C32H40N2O5/c1-4-7-21-33-31(37)32(23-38-5-2,24-39-6-3)29(35)17-12-18-30(36)34-22-27-15-9-8-13-25(27)19-20-26-14-10-11-16-28(26)34/h8-11,13-16H,4-7,12,17-18,21-24H2,1-3H3,(H,33,37). The van der Waals surface area contributed by atoms with Crippen LogP contribution in [0.3, 0.4) is 0 Å². The van der Waals surface area contributed by atoms with E-state index in [4.69, 9.17) is 9.47 Å². The van der Waals surface area contributed by atoms with Crippen molar-refractivity contribution in [2.24, 2.45) is 5.41 Å². The Kier molecular flexibility index (Phi) is 11.7. The molecule has 208 valence electrons. The zero-order valence-electron chi connectivity index (χ0n) is 23.4. The highest BCUT2D eigenvalue weighted by Crippen LogP contribution is 2.28. The van der Waals surface area contributed by atoms with Crippen LogP contribution in [0.25, 0.3) is 0 Å². The van der Waals surface area contributed by atoms with E-state index in [1.807, 2.05) is 69.3 Å². The fourth-order valence-corrected chi connectivity index (χ4v) is 4.54. The highest BCUT2D eigenvalue weighted by Gasteiger charge is 2.45. The molecular formula is C32H40N2O5. The lowest BCUT2D eigenvalue weighted by molar-refractivity contribution is -0.152. The van der Waals surface area contributed by atoms with Gasteiger partial charge in [0.15, 0.2) is 11.2 Å². The number of hydrogen-bond acceptors (Lipinski definition) is 5. The number of carbonyl (C=O) groups excluding carboxylic acids is 3. The highest BCUT2D eigenvalue weighted by atomic mass is 16.5. The Labute approximate surface area is 232 Å². The summed E-state index contributed by atoms with van der Waals surface area (Å²) in [6.45, 7) is 7.22. The van der Waals surface area contributed by atoms with Gasteiger partial charge in [0, 0.05) is 43.7 Å². The van der Waals surface area contributed by atoms with E-state index < -0.39 is 5.41 Å². The zero-order valence-corrected chi connectivity index (χ0v) is 23.4. The smallest absolute Gasteiger partial charge is 0.238 e. The molecule has 1 N–H and O–H groups in total. The van der Waals surface area contributed by atoms with Crippen molar-refractivity contribution in [2.75, 3.05) is 37.9 Å². The van der Waals surface area contributed by atoms with E-state index in [2.05, 4.69) is 17.2 Å². The normalized spacial score (nSPS) is 12.3. The average Bonchev–Trinajstić information content (AvgIpc) is 2.94.